The molecule has 0 aliphatic rings. The number of amides is 1. The number of benzene rings is 1. The van der Waals surface area contributed by atoms with E-state index in [1.807, 2.05) is 28.6 Å². The molecule has 1 atom stereocenters. The van der Waals surface area contributed by atoms with Gasteiger partial charge in [-0.3, -0.25) is 14.5 Å². The number of hydrogen-bond donors (Lipinski definition) is 3. The zero-order valence-electron chi connectivity index (χ0n) is 20.3. The number of hydrogen-bond acceptors (Lipinski definition) is 8. The second kappa shape index (κ2) is 12.4. The van der Waals surface area contributed by atoms with Gasteiger partial charge in [-0.2, -0.15) is 0 Å². The van der Waals surface area contributed by atoms with Crippen LogP contribution in [0.1, 0.15) is 39.1 Å². The number of aryl methyl sites for hydroxylation is 1. The van der Waals surface area contributed by atoms with Crippen LogP contribution in [-0.4, -0.2) is 55.8 Å². The van der Waals surface area contributed by atoms with Crippen molar-refractivity contribution < 1.29 is 15.0 Å². The minimum atomic E-state index is -0.846. The summed E-state index contributed by atoms with van der Waals surface area (Å²) in [5, 5.41) is 23.7. The first-order valence-electron chi connectivity index (χ1n) is 11.8. The minimum Gasteiger partial charge on any atom is -0.396 e. The highest BCUT2D eigenvalue weighted by molar-refractivity contribution is 7.18. The second-order valence-corrected chi connectivity index (χ2v) is 10.3. The smallest absolute Gasteiger partial charge is 0.257 e. The molecule has 0 fully saturated rings. The Morgan fingerprint density at radius 3 is 2.68 bits per heavy atom. The normalized spacial score (nSPS) is 12.2. The summed E-state index contributed by atoms with van der Waals surface area (Å²) in [7, 11) is 1.87. The molecule has 1 unspecified atom stereocenters. The summed E-state index contributed by atoms with van der Waals surface area (Å²) in [6.45, 7) is 1.51. The molecule has 1 amide bonds. The standard InChI is InChI=1S/C26H28ClN5O4S/c1-31(16-22(34)24-28-8-2-9-29-24)14-19-12-20-23(35)21(15-32(10-3-11-33)26(20)37-19)25(36)30-13-17-4-6-18(27)7-5-17/h2,4-9,12,15,22,33-34H,3,10-11,13-14,16H2,1H3,(H,30,36). The number of aliphatic hydroxyl groups excluding tert-OH is 2. The van der Waals surface area contributed by atoms with E-state index in [9.17, 15) is 19.8 Å². The van der Waals surface area contributed by atoms with Crippen LogP contribution < -0.4 is 10.7 Å². The van der Waals surface area contributed by atoms with Crippen LogP contribution in [0.25, 0.3) is 10.2 Å². The highest BCUT2D eigenvalue weighted by Crippen LogP contribution is 2.26. The molecule has 9 nitrogen and oxygen atoms in total. The lowest BCUT2D eigenvalue weighted by atomic mass is 10.1. The third kappa shape index (κ3) is 6.79. The Hall–Kier alpha value is -3.15. The van der Waals surface area contributed by atoms with Crippen LogP contribution in [0, 0.1) is 0 Å². The van der Waals surface area contributed by atoms with Crippen LogP contribution in [-0.2, 0) is 19.6 Å². The summed E-state index contributed by atoms with van der Waals surface area (Å²) in [4.78, 5) is 38.0. The van der Waals surface area contributed by atoms with Gasteiger partial charge in [-0.1, -0.05) is 23.7 Å². The van der Waals surface area contributed by atoms with Crippen LogP contribution in [0.3, 0.4) is 0 Å². The van der Waals surface area contributed by atoms with E-state index < -0.39 is 12.0 Å². The van der Waals surface area contributed by atoms with Crippen LogP contribution in [0.2, 0.25) is 5.02 Å². The maximum Gasteiger partial charge on any atom is 0.257 e. The first kappa shape index (κ1) is 26.9. The van der Waals surface area contributed by atoms with Gasteiger partial charge in [-0.25, -0.2) is 9.97 Å². The van der Waals surface area contributed by atoms with E-state index in [4.69, 9.17) is 11.6 Å². The number of fused-ring (bicyclic) bond motifs is 1. The molecule has 1 aromatic carbocycles. The van der Waals surface area contributed by atoms with Crippen molar-refractivity contribution >= 4 is 39.1 Å². The molecule has 37 heavy (non-hydrogen) atoms. The Labute approximate surface area is 223 Å². The Balaban J connectivity index is 1.55. The molecule has 4 rings (SSSR count). The largest absolute Gasteiger partial charge is 0.396 e. The third-order valence-corrected chi connectivity index (χ3v) is 7.17. The third-order valence-electron chi connectivity index (χ3n) is 5.76. The van der Waals surface area contributed by atoms with Crippen molar-refractivity contribution in [1.29, 1.82) is 0 Å². The van der Waals surface area contributed by atoms with E-state index in [0.29, 0.717) is 42.3 Å². The van der Waals surface area contributed by atoms with Gasteiger partial charge in [-0.15, -0.1) is 11.3 Å². The summed E-state index contributed by atoms with van der Waals surface area (Å²) in [5.74, 6) is -0.112. The van der Waals surface area contributed by atoms with Crippen molar-refractivity contribution in [2.75, 3.05) is 20.2 Å². The summed E-state index contributed by atoms with van der Waals surface area (Å²) in [6, 6.07) is 10.6. The molecule has 3 aromatic heterocycles. The average Bonchev–Trinajstić information content (AvgIpc) is 3.32. The number of aromatic nitrogens is 3. The van der Waals surface area contributed by atoms with Crippen LogP contribution in [0.5, 0.6) is 0 Å². The predicted molar refractivity (Wildman–Crippen MR) is 144 cm³/mol. The first-order valence-corrected chi connectivity index (χ1v) is 13.0. The highest BCUT2D eigenvalue weighted by atomic mass is 35.5. The van der Waals surface area contributed by atoms with Gasteiger partial charge in [0.15, 0.2) is 5.82 Å². The number of likely N-dealkylation sites (N-methyl/N-ethyl adjacent to an activating group) is 1. The van der Waals surface area contributed by atoms with Crippen molar-refractivity contribution in [2.24, 2.45) is 0 Å². The van der Waals surface area contributed by atoms with Gasteiger partial charge in [0.1, 0.15) is 16.5 Å². The number of carbonyl (C=O) groups excluding carboxylic acids is 1. The number of aliphatic hydroxyl groups is 2. The summed E-state index contributed by atoms with van der Waals surface area (Å²) in [5.41, 5.74) is 0.573. The van der Waals surface area contributed by atoms with E-state index in [0.717, 1.165) is 15.3 Å². The molecule has 0 bridgehead atoms. The average molecular weight is 542 g/mol. The van der Waals surface area contributed by atoms with Gasteiger partial charge in [0.2, 0.25) is 5.43 Å². The molecule has 0 aliphatic heterocycles. The fourth-order valence-corrected chi connectivity index (χ4v) is 5.30. The van der Waals surface area contributed by atoms with Crippen molar-refractivity contribution in [2.45, 2.75) is 32.2 Å². The number of nitrogens with one attached hydrogen (secondary N) is 1. The molecular formula is C26H28ClN5O4S. The monoisotopic (exact) mass is 541 g/mol. The molecular weight excluding hydrogens is 514 g/mol. The molecule has 3 heterocycles. The van der Waals surface area contributed by atoms with Gasteiger partial charge in [0, 0.05) is 61.3 Å². The molecule has 194 valence electrons. The first-order chi connectivity index (χ1) is 17.9. The number of carbonyl (C=O) groups is 1. The topological polar surface area (TPSA) is 121 Å². The number of halogens is 1. The van der Waals surface area contributed by atoms with Crippen molar-refractivity contribution in [1.82, 2.24) is 24.8 Å². The maximum atomic E-state index is 13.3. The number of thiophene rings is 1. The molecule has 0 aliphatic carbocycles. The molecule has 3 N–H and O–H groups in total. The van der Waals surface area contributed by atoms with E-state index >= 15 is 0 Å². The lowest BCUT2D eigenvalue weighted by molar-refractivity contribution is 0.0949. The molecule has 0 spiro atoms. The van der Waals surface area contributed by atoms with Crippen molar-refractivity contribution in [3.8, 4) is 0 Å². The van der Waals surface area contributed by atoms with Crippen molar-refractivity contribution in [3.05, 3.63) is 92.1 Å². The molecule has 0 saturated carbocycles. The maximum absolute atomic E-state index is 13.3. The lowest BCUT2D eigenvalue weighted by Crippen LogP contribution is -2.29. The fraction of sp³-hybridized carbons (Fsp3) is 0.308. The van der Waals surface area contributed by atoms with E-state index in [1.54, 1.807) is 42.9 Å². The summed E-state index contributed by atoms with van der Waals surface area (Å²) < 4.78 is 1.85. The quantitative estimate of drug-likeness (QED) is 0.267. The summed E-state index contributed by atoms with van der Waals surface area (Å²) >= 11 is 7.38. The zero-order valence-corrected chi connectivity index (χ0v) is 21.9. The molecule has 11 heteroatoms. The highest BCUT2D eigenvalue weighted by Gasteiger charge is 2.19. The van der Waals surface area contributed by atoms with Gasteiger partial charge in [0.05, 0.1) is 5.39 Å². The Bertz CT molecular complexity index is 1410. The van der Waals surface area contributed by atoms with E-state index in [1.165, 1.54) is 11.3 Å². The Morgan fingerprint density at radius 1 is 1.24 bits per heavy atom. The van der Waals surface area contributed by atoms with E-state index in [2.05, 4.69) is 15.3 Å². The number of nitrogens with zero attached hydrogens (tertiary/aromatic N) is 4. The predicted octanol–water partition coefficient (Wildman–Crippen LogP) is 2.98. The number of rotatable bonds is 11. The Morgan fingerprint density at radius 2 is 1.97 bits per heavy atom. The zero-order chi connectivity index (χ0) is 26.4. The van der Waals surface area contributed by atoms with Gasteiger partial charge in [-0.05, 0) is 43.3 Å². The van der Waals surface area contributed by atoms with Crippen LogP contribution in [0.4, 0.5) is 0 Å². The SMILES string of the molecule is CN(Cc1cc2c(=O)c(C(=O)NCc3ccc(Cl)cc3)cn(CCCO)c2s1)CC(O)c1ncccn1. The lowest BCUT2D eigenvalue weighted by Gasteiger charge is -2.18. The molecule has 0 saturated heterocycles. The van der Waals surface area contributed by atoms with Gasteiger partial charge >= 0.3 is 0 Å². The van der Waals surface area contributed by atoms with Crippen LogP contribution in [0.15, 0.2) is 59.8 Å². The molecule has 0 radical (unpaired) electrons. The van der Waals surface area contributed by atoms with Gasteiger partial charge < -0.3 is 20.1 Å². The Kier molecular flexibility index (Phi) is 9.01. The molecule has 4 aromatic rings. The number of pyridine rings is 1. The van der Waals surface area contributed by atoms with Crippen molar-refractivity contribution in [3.63, 3.8) is 0 Å². The summed E-state index contributed by atoms with van der Waals surface area (Å²) in [6.07, 6.45) is 4.38. The van der Waals surface area contributed by atoms with E-state index in [-0.39, 0.29) is 24.1 Å². The minimum absolute atomic E-state index is 0.00781. The van der Waals surface area contributed by atoms with Gasteiger partial charge in [0.25, 0.3) is 5.91 Å². The van der Waals surface area contributed by atoms with Crippen LogP contribution >= 0.6 is 22.9 Å². The fourth-order valence-electron chi connectivity index (χ4n) is 3.94. The second-order valence-electron chi connectivity index (χ2n) is 8.70.